The molecule has 0 saturated heterocycles. The van der Waals surface area contributed by atoms with Crippen LogP contribution in [0.1, 0.15) is 44.2 Å². The SMILES string of the molecule is CCNC(CCc1ccc2c(c1)CCO2)CCC(C)OC. The molecule has 1 heterocycles. The predicted molar refractivity (Wildman–Crippen MR) is 87.1 cm³/mol. The summed E-state index contributed by atoms with van der Waals surface area (Å²) in [4.78, 5) is 0. The highest BCUT2D eigenvalue weighted by atomic mass is 16.5. The average molecular weight is 291 g/mol. The van der Waals surface area contributed by atoms with Gasteiger partial charge in [-0.25, -0.2) is 0 Å². The summed E-state index contributed by atoms with van der Waals surface area (Å²) >= 11 is 0. The molecule has 21 heavy (non-hydrogen) atoms. The molecule has 1 aliphatic heterocycles. The van der Waals surface area contributed by atoms with Gasteiger partial charge in [0.15, 0.2) is 0 Å². The summed E-state index contributed by atoms with van der Waals surface area (Å²) in [5, 5.41) is 3.60. The van der Waals surface area contributed by atoms with Gasteiger partial charge in [-0.05, 0) is 56.3 Å². The number of hydrogen-bond acceptors (Lipinski definition) is 3. The Bertz CT molecular complexity index is 433. The molecule has 3 nitrogen and oxygen atoms in total. The van der Waals surface area contributed by atoms with E-state index in [1.807, 2.05) is 0 Å². The van der Waals surface area contributed by atoms with E-state index in [0.717, 1.165) is 38.2 Å². The van der Waals surface area contributed by atoms with Crippen LogP contribution < -0.4 is 10.1 Å². The fourth-order valence-corrected chi connectivity index (χ4v) is 2.93. The normalized spacial score (nSPS) is 16.3. The molecule has 0 spiro atoms. The van der Waals surface area contributed by atoms with Crippen LogP contribution in [0.15, 0.2) is 18.2 Å². The summed E-state index contributed by atoms with van der Waals surface area (Å²) in [5.41, 5.74) is 2.81. The highest BCUT2D eigenvalue weighted by Crippen LogP contribution is 2.26. The van der Waals surface area contributed by atoms with Gasteiger partial charge in [-0.15, -0.1) is 0 Å². The Morgan fingerprint density at radius 3 is 2.90 bits per heavy atom. The van der Waals surface area contributed by atoms with Gasteiger partial charge in [0, 0.05) is 19.6 Å². The molecule has 0 amide bonds. The van der Waals surface area contributed by atoms with Crippen molar-refractivity contribution in [3.8, 4) is 5.75 Å². The molecule has 0 aliphatic carbocycles. The van der Waals surface area contributed by atoms with Crippen LogP contribution in [0.3, 0.4) is 0 Å². The minimum Gasteiger partial charge on any atom is -0.493 e. The summed E-state index contributed by atoms with van der Waals surface area (Å²) in [6.45, 7) is 6.20. The van der Waals surface area contributed by atoms with Crippen LogP contribution in [0.5, 0.6) is 5.75 Å². The van der Waals surface area contributed by atoms with E-state index in [1.54, 1.807) is 7.11 Å². The van der Waals surface area contributed by atoms with Crippen molar-refractivity contribution in [1.82, 2.24) is 5.32 Å². The molecule has 2 unspecified atom stereocenters. The number of rotatable bonds is 9. The minimum atomic E-state index is 0.350. The van der Waals surface area contributed by atoms with E-state index in [2.05, 4.69) is 37.4 Å². The van der Waals surface area contributed by atoms with E-state index < -0.39 is 0 Å². The van der Waals surface area contributed by atoms with Gasteiger partial charge in [0.25, 0.3) is 0 Å². The number of benzene rings is 1. The van der Waals surface area contributed by atoms with Gasteiger partial charge in [-0.2, -0.15) is 0 Å². The van der Waals surface area contributed by atoms with Crippen LogP contribution in [0.2, 0.25) is 0 Å². The quantitative estimate of drug-likeness (QED) is 0.757. The third-order valence-electron chi connectivity index (χ3n) is 4.35. The van der Waals surface area contributed by atoms with Crippen LogP contribution in [0.25, 0.3) is 0 Å². The van der Waals surface area contributed by atoms with Crippen molar-refractivity contribution in [2.75, 3.05) is 20.3 Å². The van der Waals surface area contributed by atoms with Gasteiger partial charge in [0.2, 0.25) is 0 Å². The van der Waals surface area contributed by atoms with Gasteiger partial charge in [-0.1, -0.05) is 19.1 Å². The van der Waals surface area contributed by atoms with E-state index in [0.29, 0.717) is 12.1 Å². The zero-order chi connectivity index (χ0) is 15.1. The largest absolute Gasteiger partial charge is 0.493 e. The Morgan fingerprint density at radius 1 is 1.29 bits per heavy atom. The van der Waals surface area contributed by atoms with Crippen molar-refractivity contribution in [2.45, 2.75) is 58.1 Å². The van der Waals surface area contributed by atoms with Gasteiger partial charge in [0.1, 0.15) is 5.75 Å². The molecule has 0 bridgehead atoms. The van der Waals surface area contributed by atoms with E-state index in [4.69, 9.17) is 9.47 Å². The first kappa shape index (κ1) is 16.3. The molecule has 0 radical (unpaired) electrons. The van der Waals surface area contributed by atoms with Crippen molar-refractivity contribution < 1.29 is 9.47 Å². The third-order valence-corrected chi connectivity index (χ3v) is 4.35. The molecular formula is C18H29NO2. The molecule has 1 aromatic rings. The second-order valence-electron chi connectivity index (χ2n) is 5.96. The van der Waals surface area contributed by atoms with E-state index in [1.165, 1.54) is 24.0 Å². The summed E-state index contributed by atoms with van der Waals surface area (Å²) in [6.07, 6.45) is 6.02. The van der Waals surface area contributed by atoms with Gasteiger partial charge in [0.05, 0.1) is 12.7 Å². The number of aryl methyl sites for hydroxylation is 1. The molecule has 2 atom stereocenters. The van der Waals surface area contributed by atoms with Crippen molar-refractivity contribution in [1.29, 1.82) is 0 Å². The lowest BCUT2D eigenvalue weighted by Gasteiger charge is -2.20. The summed E-state index contributed by atoms with van der Waals surface area (Å²) in [5.74, 6) is 1.08. The molecule has 118 valence electrons. The zero-order valence-electron chi connectivity index (χ0n) is 13.7. The topological polar surface area (TPSA) is 30.5 Å². The van der Waals surface area contributed by atoms with Crippen LogP contribution in [-0.2, 0) is 17.6 Å². The Morgan fingerprint density at radius 2 is 2.14 bits per heavy atom. The maximum absolute atomic E-state index is 5.57. The third kappa shape index (κ3) is 5.01. The molecule has 0 saturated carbocycles. The monoisotopic (exact) mass is 291 g/mol. The molecule has 0 fully saturated rings. The lowest BCUT2D eigenvalue weighted by atomic mass is 9.98. The minimum absolute atomic E-state index is 0.350. The summed E-state index contributed by atoms with van der Waals surface area (Å²) in [6, 6.07) is 7.25. The first-order valence-corrected chi connectivity index (χ1v) is 8.23. The van der Waals surface area contributed by atoms with Gasteiger partial charge in [-0.3, -0.25) is 0 Å². The number of hydrogen-bond donors (Lipinski definition) is 1. The Hall–Kier alpha value is -1.06. The first-order valence-electron chi connectivity index (χ1n) is 8.23. The fraction of sp³-hybridized carbons (Fsp3) is 0.667. The molecule has 3 heteroatoms. The molecule has 2 rings (SSSR count). The lowest BCUT2D eigenvalue weighted by Crippen LogP contribution is -2.30. The maximum atomic E-state index is 5.57. The highest BCUT2D eigenvalue weighted by molar-refractivity contribution is 5.39. The van der Waals surface area contributed by atoms with E-state index in [9.17, 15) is 0 Å². The number of methoxy groups -OCH3 is 1. The van der Waals surface area contributed by atoms with Crippen molar-refractivity contribution in [3.05, 3.63) is 29.3 Å². The Kier molecular flexibility index (Phi) is 6.52. The van der Waals surface area contributed by atoms with Crippen molar-refractivity contribution in [2.24, 2.45) is 0 Å². The molecule has 1 aromatic carbocycles. The molecule has 1 aliphatic rings. The van der Waals surface area contributed by atoms with E-state index >= 15 is 0 Å². The summed E-state index contributed by atoms with van der Waals surface area (Å²) in [7, 11) is 1.79. The average Bonchev–Trinajstić information content (AvgIpc) is 2.97. The predicted octanol–water partition coefficient (Wildman–Crippen LogP) is 3.35. The van der Waals surface area contributed by atoms with Crippen LogP contribution >= 0.6 is 0 Å². The second-order valence-corrected chi connectivity index (χ2v) is 5.96. The fourth-order valence-electron chi connectivity index (χ4n) is 2.93. The number of ether oxygens (including phenoxy) is 2. The van der Waals surface area contributed by atoms with Gasteiger partial charge < -0.3 is 14.8 Å². The zero-order valence-corrected chi connectivity index (χ0v) is 13.7. The van der Waals surface area contributed by atoms with Crippen LogP contribution in [0.4, 0.5) is 0 Å². The number of fused-ring (bicyclic) bond motifs is 1. The Balaban J connectivity index is 1.83. The number of nitrogens with one attached hydrogen (secondary N) is 1. The standard InChI is InChI=1S/C18H29NO2/c1-4-19-17(8-5-14(2)20-3)9-6-15-7-10-18-16(13-15)11-12-21-18/h7,10,13-14,17,19H,4-6,8-9,11-12H2,1-3H3. The van der Waals surface area contributed by atoms with Gasteiger partial charge >= 0.3 is 0 Å². The highest BCUT2D eigenvalue weighted by Gasteiger charge is 2.14. The smallest absolute Gasteiger partial charge is 0.122 e. The van der Waals surface area contributed by atoms with Crippen molar-refractivity contribution >= 4 is 0 Å². The summed E-state index contributed by atoms with van der Waals surface area (Å²) < 4.78 is 10.9. The molecule has 1 N–H and O–H groups in total. The van der Waals surface area contributed by atoms with Crippen molar-refractivity contribution in [3.63, 3.8) is 0 Å². The Labute approximate surface area is 129 Å². The van der Waals surface area contributed by atoms with Crippen LogP contribution in [0, 0.1) is 0 Å². The maximum Gasteiger partial charge on any atom is 0.122 e. The lowest BCUT2D eigenvalue weighted by molar-refractivity contribution is 0.106. The second kappa shape index (κ2) is 8.40. The first-order chi connectivity index (χ1) is 10.2. The van der Waals surface area contributed by atoms with E-state index in [-0.39, 0.29) is 0 Å². The molecule has 0 aromatic heterocycles. The van der Waals surface area contributed by atoms with Crippen LogP contribution in [-0.4, -0.2) is 32.4 Å². The molecular weight excluding hydrogens is 262 g/mol.